The third-order valence-electron chi connectivity index (χ3n) is 2.17. The minimum absolute atomic E-state index is 0.308. The number of nitrogens with two attached hydrogens (primary N) is 1. The van der Waals surface area contributed by atoms with Gasteiger partial charge in [-0.15, -0.1) is 0 Å². The van der Waals surface area contributed by atoms with Crippen molar-refractivity contribution in [3.05, 3.63) is 40.0 Å². The number of rotatable bonds is 3. The van der Waals surface area contributed by atoms with Crippen LogP contribution in [0, 0.1) is 0 Å². The molecule has 2 N–H and O–H groups in total. The molecule has 94 valence electrons. The summed E-state index contributed by atoms with van der Waals surface area (Å²) in [5.74, 6) is 1.34. The summed E-state index contributed by atoms with van der Waals surface area (Å²) in [4.78, 5) is 4.08. The van der Waals surface area contributed by atoms with E-state index in [9.17, 15) is 0 Å². The smallest absolute Gasteiger partial charge is 0.238 e. The molecular weight excluding hydrogens is 320 g/mol. The van der Waals surface area contributed by atoms with Crippen molar-refractivity contribution < 1.29 is 9.47 Å². The van der Waals surface area contributed by atoms with Crippen LogP contribution in [0.25, 0.3) is 0 Å². The van der Waals surface area contributed by atoms with E-state index in [1.54, 1.807) is 30.5 Å². The minimum atomic E-state index is 0.308. The molecule has 6 heteroatoms. The van der Waals surface area contributed by atoms with Crippen LogP contribution in [0.5, 0.6) is 17.4 Å². The molecule has 0 radical (unpaired) electrons. The standard InChI is InChI=1S/C12H10BrClN2O2/c1-17-11-5-8(15)2-3-10(11)18-12-9(14)4-7(13)6-16-12/h2-6H,15H2,1H3. The summed E-state index contributed by atoms with van der Waals surface area (Å²) >= 11 is 9.30. The van der Waals surface area contributed by atoms with Crippen LogP contribution in [-0.4, -0.2) is 12.1 Å². The summed E-state index contributed by atoms with van der Waals surface area (Å²) in [5.41, 5.74) is 6.25. The van der Waals surface area contributed by atoms with Crippen LogP contribution in [0.3, 0.4) is 0 Å². The molecule has 4 nitrogen and oxygen atoms in total. The summed E-state index contributed by atoms with van der Waals surface area (Å²) in [6.07, 6.45) is 1.60. The summed E-state index contributed by atoms with van der Waals surface area (Å²) in [7, 11) is 1.54. The molecule has 0 aliphatic rings. The minimum Gasteiger partial charge on any atom is -0.493 e. The lowest BCUT2D eigenvalue weighted by atomic mass is 10.3. The number of hydrogen-bond acceptors (Lipinski definition) is 4. The Kier molecular flexibility index (Phi) is 3.93. The SMILES string of the molecule is COc1cc(N)ccc1Oc1ncc(Br)cc1Cl. The number of ether oxygens (including phenoxy) is 2. The number of halogens is 2. The maximum Gasteiger partial charge on any atom is 0.238 e. The van der Waals surface area contributed by atoms with Gasteiger partial charge in [-0.05, 0) is 34.1 Å². The average Bonchev–Trinajstić information content (AvgIpc) is 2.34. The first kappa shape index (κ1) is 13.0. The summed E-state index contributed by atoms with van der Waals surface area (Å²) in [5, 5.41) is 0.406. The number of anilines is 1. The molecule has 2 rings (SSSR count). The number of benzene rings is 1. The first-order valence-corrected chi connectivity index (χ1v) is 6.19. The van der Waals surface area contributed by atoms with Crippen LogP contribution >= 0.6 is 27.5 Å². The van der Waals surface area contributed by atoms with Gasteiger partial charge in [-0.1, -0.05) is 11.6 Å². The molecule has 18 heavy (non-hydrogen) atoms. The van der Waals surface area contributed by atoms with E-state index in [2.05, 4.69) is 20.9 Å². The van der Waals surface area contributed by atoms with Crippen LogP contribution < -0.4 is 15.2 Å². The van der Waals surface area contributed by atoms with E-state index >= 15 is 0 Å². The molecule has 0 atom stereocenters. The average molecular weight is 330 g/mol. The van der Waals surface area contributed by atoms with E-state index < -0.39 is 0 Å². The second-order valence-electron chi connectivity index (χ2n) is 3.45. The third kappa shape index (κ3) is 2.86. The van der Waals surface area contributed by atoms with Gasteiger partial charge in [0.2, 0.25) is 5.88 Å². The Balaban J connectivity index is 2.33. The van der Waals surface area contributed by atoms with Gasteiger partial charge in [0, 0.05) is 22.4 Å². The summed E-state index contributed by atoms with van der Waals surface area (Å²) < 4.78 is 11.6. The highest BCUT2D eigenvalue weighted by molar-refractivity contribution is 9.10. The largest absolute Gasteiger partial charge is 0.493 e. The van der Waals surface area contributed by atoms with E-state index in [-0.39, 0.29) is 0 Å². The van der Waals surface area contributed by atoms with Gasteiger partial charge in [-0.25, -0.2) is 4.98 Å². The van der Waals surface area contributed by atoms with E-state index in [1.165, 1.54) is 7.11 Å². The predicted octanol–water partition coefficient (Wildman–Crippen LogP) is 3.88. The van der Waals surface area contributed by atoms with Crippen molar-refractivity contribution in [1.82, 2.24) is 4.98 Å². The fraction of sp³-hybridized carbons (Fsp3) is 0.0833. The Morgan fingerprint density at radius 3 is 2.72 bits per heavy atom. The second kappa shape index (κ2) is 5.46. The molecule has 1 aromatic heterocycles. The molecule has 0 aliphatic carbocycles. The maximum absolute atomic E-state index is 6.02. The van der Waals surface area contributed by atoms with E-state index in [1.807, 2.05) is 0 Å². The molecule has 1 aromatic carbocycles. The van der Waals surface area contributed by atoms with Crippen molar-refractivity contribution >= 4 is 33.2 Å². The van der Waals surface area contributed by atoms with Crippen molar-refractivity contribution in [2.45, 2.75) is 0 Å². The molecule has 1 heterocycles. The van der Waals surface area contributed by atoms with Gasteiger partial charge in [0.25, 0.3) is 0 Å². The number of pyridine rings is 1. The number of methoxy groups -OCH3 is 1. The van der Waals surface area contributed by atoms with Crippen LogP contribution in [0.4, 0.5) is 5.69 Å². The zero-order valence-electron chi connectivity index (χ0n) is 9.48. The molecule has 0 spiro atoms. The lowest BCUT2D eigenvalue weighted by Crippen LogP contribution is -1.94. The van der Waals surface area contributed by atoms with Gasteiger partial charge in [0.05, 0.1) is 7.11 Å². The zero-order valence-corrected chi connectivity index (χ0v) is 11.8. The molecule has 0 unspecified atom stereocenters. The Labute approximate surface area is 118 Å². The number of hydrogen-bond donors (Lipinski definition) is 1. The first-order chi connectivity index (χ1) is 8.60. The molecule has 0 aliphatic heterocycles. The quantitative estimate of drug-likeness (QED) is 0.868. The molecule has 0 saturated carbocycles. The maximum atomic E-state index is 6.02. The van der Waals surface area contributed by atoms with E-state index in [4.69, 9.17) is 26.8 Å². The monoisotopic (exact) mass is 328 g/mol. The van der Waals surface area contributed by atoms with Gasteiger partial charge in [-0.3, -0.25) is 0 Å². The third-order valence-corrected chi connectivity index (χ3v) is 2.87. The lowest BCUT2D eigenvalue weighted by Gasteiger charge is -2.11. The fourth-order valence-corrected chi connectivity index (χ4v) is 2.02. The van der Waals surface area contributed by atoms with Crippen molar-refractivity contribution in [3.63, 3.8) is 0 Å². The van der Waals surface area contributed by atoms with Crippen LogP contribution in [-0.2, 0) is 0 Å². The van der Waals surface area contributed by atoms with Gasteiger partial charge >= 0.3 is 0 Å². The summed E-state index contributed by atoms with van der Waals surface area (Å²) in [6, 6.07) is 6.79. The zero-order chi connectivity index (χ0) is 13.1. The van der Waals surface area contributed by atoms with Crippen molar-refractivity contribution in [2.75, 3.05) is 12.8 Å². The van der Waals surface area contributed by atoms with Gasteiger partial charge in [0.1, 0.15) is 5.02 Å². The van der Waals surface area contributed by atoms with Crippen LogP contribution in [0.1, 0.15) is 0 Å². The molecule has 0 fully saturated rings. The highest BCUT2D eigenvalue weighted by atomic mass is 79.9. The van der Waals surface area contributed by atoms with Crippen molar-refractivity contribution in [2.24, 2.45) is 0 Å². The predicted molar refractivity (Wildman–Crippen MR) is 74.4 cm³/mol. The van der Waals surface area contributed by atoms with E-state index in [0.29, 0.717) is 28.1 Å². The first-order valence-electron chi connectivity index (χ1n) is 5.02. The Bertz CT molecular complexity index is 578. The van der Waals surface area contributed by atoms with Gasteiger partial charge < -0.3 is 15.2 Å². The van der Waals surface area contributed by atoms with Gasteiger partial charge in [-0.2, -0.15) is 0 Å². The molecule has 2 aromatic rings. The summed E-state index contributed by atoms with van der Waals surface area (Å²) in [6.45, 7) is 0. The lowest BCUT2D eigenvalue weighted by molar-refractivity contribution is 0.374. The van der Waals surface area contributed by atoms with Crippen molar-refractivity contribution in [1.29, 1.82) is 0 Å². The van der Waals surface area contributed by atoms with Crippen LogP contribution in [0.15, 0.2) is 34.9 Å². The van der Waals surface area contributed by atoms with Crippen molar-refractivity contribution in [3.8, 4) is 17.4 Å². The molecular formula is C12H10BrClN2O2. The van der Waals surface area contributed by atoms with Gasteiger partial charge in [0.15, 0.2) is 11.5 Å². The number of aromatic nitrogens is 1. The Morgan fingerprint density at radius 1 is 1.28 bits per heavy atom. The molecule has 0 bridgehead atoms. The topological polar surface area (TPSA) is 57.4 Å². The highest BCUT2D eigenvalue weighted by Crippen LogP contribution is 2.35. The Morgan fingerprint density at radius 2 is 2.06 bits per heavy atom. The highest BCUT2D eigenvalue weighted by Gasteiger charge is 2.10. The number of nitrogen functional groups attached to an aromatic ring is 1. The van der Waals surface area contributed by atoms with Crippen LogP contribution in [0.2, 0.25) is 5.02 Å². The number of nitrogens with zero attached hydrogens (tertiary/aromatic N) is 1. The normalized spacial score (nSPS) is 10.2. The molecule has 0 saturated heterocycles. The fourth-order valence-electron chi connectivity index (χ4n) is 1.35. The Hall–Kier alpha value is -1.46. The second-order valence-corrected chi connectivity index (χ2v) is 4.78. The molecule has 0 amide bonds. The van der Waals surface area contributed by atoms with E-state index in [0.717, 1.165) is 4.47 Å².